The lowest BCUT2D eigenvalue weighted by Crippen LogP contribution is -2.18. The molecule has 0 unspecified atom stereocenters. The Morgan fingerprint density at radius 2 is 1.62 bits per heavy atom. The Kier molecular flexibility index (Phi) is 6.22. The molecule has 8 nitrogen and oxygen atoms in total. The fourth-order valence-corrected chi connectivity index (χ4v) is 1.78. The van der Waals surface area contributed by atoms with Gasteiger partial charge in [0, 0.05) is 0 Å². The summed E-state index contributed by atoms with van der Waals surface area (Å²) >= 11 is 0. The Balaban J connectivity index is 3.53. The first-order valence-electron chi connectivity index (χ1n) is 6.66. The van der Waals surface area contributed by atoms with E-state index in [0.717, 1.165) is 26.4 Å². The third-order valence-electron chi connectivity index (χ3n) is 2.96. The van der Waals surface area contributed by atoms with E-state index in [9.17, 15) is 24.3 Å². The number of methoxy groups -OCH3 is 2. The number of Topliss-reactive ketones (excluding diaryl/α,β-unsaturated/α-hetero) is 1. The van der Waals surface area contributed by atoms with Crippen LogP contribution < -0.4 is 5.63 Å². The van der Waals surface area contributed by atoms with Crippen LogP contribution in [-0.2, 0) is 14.3 Å². The molecule has 8 heteroatoms. The minimum atomic E-state index is -1.02. The highest BCUT2D eigenvalue weighted by Gasteiger charge is 2.21. The Labute approximate surface area is 137 Å². The third-order valence-corrected chi connectivity index (χ3v) is 2.96. The summed E-state index contributed by atoms with van der Waals surface area (Å²) in [5.74, 6) is -2.75. The third kappa shape index (κ3) is 4.19. The minimum Gasteiger partial charge on any atom is -0.512 e. The van der Waals surface area contributed by atoms with Crippen LogP contribution in [0.2, 0.25) is 0 Å². The molecule has 1 aromatic rings. The van der Waals surface area contributed by atoms with Crippen molar-refractivity contribution in [2.45, 2.75) is 13.8 Å². The van der Waals surface area contributed by atoms with Crippen molar-refractivity contribution in [1.82, 2.24) is 0 Å². The van der Waals surface area contributed by atoms with Crippen LogP contribution in [0.5, 0.6) is 0 Å². The molecule has 0 spiro atoms. The average Bonchev–Trinajstić information content (AvgIpc) is 2.53. The predicted octanol–water partition coefficient (Wildman–Crippen LogP) is 1.65. The number of carbonyl (C=O) groups is 3. The summed E-state index contributed by atoms with van der Waals surface area (Å²) in [6.07, 6.45) is 2.32. The van der Waals surface area contributed by atoms with Gasteiger partial charge in [-0.15, -0.1) is 0 Å². The van der Waals surface area contributed by atoms with Gasteiger partial charge in [0.25, 0.3) is 0 Å². The molecular formula is C16H16O8. The summed E-state index contributed by atoms with van der Waals surface area (Å²) in [7, 11) is 2.18. The van der Waals surface area contributed by atoms with E-state index in [0.29, 0.717) is 0 Å². The van der Waals surface area contributed by atoms with Gasteiger partial charge < -0.3 is 19.0 Å². The number of hydrogen-bond acceptors (Lipinski definition) is 8. The van der Waals surface area contributed by atoms with Crippen molar-refractivity contribution in [3.8, 4) is 0 Å². The molecule has 0 amide bonds. The topological polar surface area (TPSA) is 120 Å². The second-order valence-corrected chi connectivity index (χ2v) is 4.60. The molecule has 0 aliphatic rings. The Morgan fingerprint density at radius 3 is 2.08 bits per heavy atom. The minimum absolute atomic E-state index is 0.0366. The maximum Gasteiger partial charge on any atom is 0.351 e. The predicted molar refractivity (Wildman–Crippen MR) is 82.7 cm³/mol. The summed E-state index contributed by atoms with van der Waals surface area (Å²) in [4.78, 5) is 46.6. The number of ketones is 1. The Morgan fingerprint density at radius 1 is 1.08 bits per heavy atom. The maximum atomic E-state index is 11.8. The highest BCUT2D eigenvalue weighted by molar-refractivity contribution is 5.99. The van der Waals surface area contributed by atoms with Crippen LogP contribution in [0.3, 0.4) is 0 Å². The van der Waals surface area contributed by atoms with Gasteiger partial charge in [-0.05, 0) is 32.1 Å². The fourth-order valence-electron chi connectivity index (χ4n) is 1.78. The number of aliphatic hydroxyl groups is 1. The van der Waals surface area contributed by atoms with E-state index < -0.39 is 28.9 Å². The largest absolute Gasteiger partial charge is 0.512 e. The molecule has 1 N–H and O–H groups in total. The van der Waals surface area contributed by atoms with Crippen molar-refractivity contribution < 1.29 is 33.4 Å². The smallest absolute Gasteiger partial charge is 0.351 e. The van der Waals surface area contributed by atoms with E-state index in [1.54, 1.807) is 0 Å². The molecule has 0 aromatic carbocycles. The van der Waals surface area contributed by atoms with Crippen LogP contribution in [0.25, 0.3) is 6.08 Å². The van der Waals surface area contributed by atoms with Gasteiger partial charge in [-0.1, -0.05) is 0 Å². The molecule has 0 fully saturated rings. The van der Waals surface area contributed by atoms with Crippen molar-refractivity contribution in [3.05, 3.63) is 50.8 Å². The van der Waals surface area contributed by atoms with Gasteiger partial charge in [-0.2, -0.15) is 0 Å². The van der Waals surface area contributed by atoms with Gasteiger partial charge >= 0.3 is 17.6 Å². The van der Waals surface area contributed by atoms with E-state index in [2.05, 4.69) is 9.47 Å². The van der Waals surface area contributed by atoms with Crippen molar-refractivity contribution >= 4 is 23.8 Å². The number of rotatable bonds is 5. The molecule has 1 aromatic heterocycles. The van der Waals surface area contributed by atoms with Crippen molar-refractivity contribution in [1.29, 1.82) is 0 Å². The van der Waals surface area contributed by atoms with E-state index in [1.165, 1.54) is 19.9 Å². The molecule has 1 rings (SSSR count). The van der Waals surface area contributed by atoms with Crippen LogP contribution in [0.1, 0.15) is 40.3 Å². The van der Waals surface area contributed by atoms with E-state index in [-0.39, 0.29) is 22.7 Å². The second kappa shape index (κ2) is 7.91. The first-order chi connectivity index (χ1) is 11.2. The first kappa shape index (κ1) is 18.9. The van der Waals surface area contributed by atoms with Gasteiger partial charge in [-0.3, -0.25) is 4.79 Å². The summed E-state index contributed by atoms with van der Waals surface area (Å²) < 4.78 is 13.9. The zero-order valence-corrected chi connectivity index (χ0v) is 13.5. The standard InChI is InChI=1S/C16H16O8/c1-8(17)10(9(2)18)5-6-13-11(14(19)22-3)7-12(15(20)23-4)16(21)24-13/h5-7,17H,1-4H3/b6-5+,10-8+. The highest BCUT2D eigenvalue weighted by Crippen LogP contribution is 2.15. The average molecular weight is 336 g/mol. The van der Waals surface area contributed by atoms with E-state index in [1.807, 2.05) is 0 Å². The van der Waals surface area contributed by atoms with Gasteiger partial charge in [0.2, 0.25) is 0 Å². The van der Waals surface area contributed by atoms with Crippen molar-refractivity contribution in [2.24, 2.45) is 0 Å². The summed E-state index contributed by atoms with van der Waals surface area (Å²) in [5.41, 5.74) is -1.75. The summed E-state index contributed by atoms with van der Waals surface area (Å²) in [5, 5.41) is 9.45. The SMILES string of the molecule is COC(=O)c1cc(C(=O)OC)c(=O)oc1/C=C/C(C(C)=O)=C(/C)O. The molecule has 128 valence electrons. The number of hydrogen-bond donors (Lipinski definition) is 1. The number of esters is 2. The molecule has 1 heterocycles. The van der Waals surface area contributed by atoms with Crippen LogP contribution in [0.4, 0.5) is 0 Å². The van der Waals surface area contributed by atoms with Gasteiger partial charge in [0.05, 0.1) is 25.6 Å². The molecule has 0 bridgehead atoms. The maximum absolute atomic E-state index is 11.8. The normalized spacial score (nSPS) is 11.8. The fraction of sp³-hybridized carbons (Fsp3) is 0.250. The van der Waals surface area contributed by atoms with E-state index >= 15 is 0 Å². The lowest BCUT2D eigenvalue weighted by atomic mass is 10.1. The molecule has 0 radical (unpaired) electrons. The van der Waals surface area contributed by atoms with Crippen LogP contribution in [0, 0.1) is 0 Å². The van der Waals surface area contributed by atoms with Crippen LogP contribution in [-0.4, -0.2) is 37.0 Å². The van der Waals surface area contributed by atoms with Crippen LogP contribution in [0.15, 0.2) is 32.7 Å². The molecule has 0 aliphatic heterocycles. The van der Waals surface area contributed by atoms with Gasteiger partial charge in [0.15, 0.2) is 5.78 Å². The van der Waals surface area contributed by atoms with Gasteiger partial charge in [-0.25, -0.2) is 14.4 Å². The first-order valence-corrected chi connectivity index (χ1v) is 6.66. The molecule has 24 heavy (non-hydrogen) atoms. The van der Waals surface area contributed by atoms with E-state index in [4.69, 9.17) is 4.42 Å². The molecule has 0 saturated carbocycles. The van der Waals surface area contributed by atoms with Crippen molar-refractivity contribution in [3.63, 3.8) is 0 Å². The van der Waals surface area contributed by atoms with Crippen LogP contribution >= 0.6 is 0 Å². The zero-order valence-electron chi connectivity index (χ0n) is 13.5. The molecule has 0 saturated heterocycles. The lowest BCUT2D eigenvalue weighted by Gasteiger charge is -2.05. The Bertz CT molecular complexity index is 791. The number of allylic oxidation sites excluding steroid dienone is 3. The molecular weight excluding hydrogens is 320 g/mol. The van der Waals surface area contributed by atoms with Gasteiger partial charge in [0.1, 0.15) is 16.9 Å². The summed E-state index contributed by atoms with van der Waals surface area (Å²) in [6, 6.07) is 0.978. The second-order valence-electron chi connectivity index (χ2n) is 4.60. The van der Waals surface area contributed by atoms with Crippen molar-refractivity contribution in [2.75, 3.05) is 14.2 Å². The number of aliphatic hydroxyl groups excluding tert-OH is 1. The molecule has 0 atom stereocenters. The zero-order chi connectivity index (χ0) is 18.4. The number of ether oxygens (including phenoxy) is 2. The lowest BCUT2D eigenvalue weighted by molar-refractivity contribution is -0.113. The number of carbonyl (C=O) groups excluding carboxylic acids is 3. The summed E-state index contributed by atoms with van der Waals surface area (Å²) in [6.45, 7) is 2.54. The highest BCUT2D eigenvalue weighted by atomic mass is 16.5. The monoisotopic (exact) mass is 336 g/mol. The molecule has 0 aliphatic carbocycles. The quantitative estimate of drug-likeness (QED) is 0.373. The Hall–Kier alpha value is -3.16.